The Morgan fingerprint density at radius 1 is 1.12 bits per heavy atom. The van der Waals surface area contributed by atoms with Crippen molar-refractivity contribution in [2.24, 2.45) is 0 Å². The Labute approximate surface area is 187 Å². The first-order valence-electron chi connectivity index (χ1n) is 11.2. The normalized spacial score (nSPS) is 29.0. The Morgan fingerprint density at radius 2 is 1.84 bits per heavy atom. The van der Waals surface area contributed by atoms with E-state index in [4.69, 9.17) is 9.47 Å². The van der Waals surface area contributed by atoms with Crippen molar-refractivity contribution in [1.29, 1.82) is 0 Å². The van der Waals surface area contributed by atoms with Crippen LogP contribution in [-0.2, 0) is 19.6 Å². The first-order chi connectivity index (χ1) is 15.2. The van der Waals surface area contributed by atoms with Crippen LogP contribution < -0.4 is 9.46 Å². The average Bonchev–Trinajstić information content (AvgIpc) is 3.12. The third-order valence-electron chi connectivity index (χ3n) is 6.80. The van der Waals surface area contributed by atoms with E-state index >= 15 is 0 Å². The monoisotopic (exact) mass is 472 g/mol. The molecule has 32 heavy (non-hydrogen) atoms. The molecule has 1 saturated heterocycles. The summed E-state index contributed by atoms with van der Waals surface area (Å²) >= 11 is 0. The van der Waals surface area contributed by atoms with Gasteiger partial charge in [0, 0.05) is 24.2 Å². The molecule has 1 aliphatic carbocycles. The fourth-order valence-corrected chi connectivity index (χ4v) is 5.85. The number of ether oxygens (including phenoxy) is 2. The van der Waals surface area contributed by atoms with E-state index in [0.29, 0.717) is 44.2 Å². The number of amides is 1. The molecule has 2 fully saturated rings. The van der Waals surface area contributed by atoms with Crippen LogP contribution in [0.1, 0.15) is 57.4 Å². The summed E-state index contributed by atoms with van der Waals surface area (Å²) in [5, 5.41) is -0.596. The number of hydrogen-bond donors (Lipinski definition) is 1. The molecule has 10 heteroatoms. The lowest BCUT2D eigenvalue weighted by atomic mass is 9.82. The molecule has 1 unspecified atom stereocenters. The highest BCUT2D eigenvalue weighted by atomic mass is 32.2. The van der Waals surface area contributed by atoms with Gasteiger partial charge in [0.15, 0.2) is 18.2 Å². The van der Waals surface area contributed by atoms with E-state index in [9.17, 15) is 22.0 Å². The van der Waals surface area contributed by atoms with Crippen LogP contribution >= 0.6 is 0 Å². The van der Waals surface area contributed by atoms with Crippen molar-refractivity contribution in [2.45, 2.75) is 75.3 Å². The number of sulfonamides is 1. The van der Waals surface area contributed by atoms with Gasteiger partial charge in [0.25, 0.3) is 5.91 Å². The minimum absolute atomic E-state index is 0.0466. The summed E-state index contributed by atoms with van der Waals surface area (Å²) in [6.07, 6.45) is 3.21. The number of fused-ring (bicyclic) bond motifs is 5. The lowest BCUT2D eigenvalue weighted by Gasteiger charge is -2.32. The van der Waals surface area contributed by atoms with E-state index < -0.39 is 45.6 Å². The molecule has 0 aromatic heterocycles. The standard InChI is InChI=1S/C22H30F2N2O5S/c1-13(2)32(28,29)25-19-7-8-26-20(19)11-30-16-5-3-14(4-6-16)17-9-15(23)10-18(24)22(17)31-12-21(26)27/h9-10,13-14,16,19-20,25H,3-8,11-12H2,1-2H3/t14?,16?,19?,20-/m0/s1. The second-order valence-electron chi connectivity index (χ2n) is 9.16. The fourth-order valence-electron chi connectivity index (χ4n) is 4.88. The molecule has 3 aliphatic heterocycles. The molecule has 1 aromatic rings. The minimum atomic E-state index is -3.53. The lowest BCUT2D eigenvalue weighted by molar-refractivity contribution is -0.136. The molecule has 7 nitrogen and oxygen atoms in total. The summed E-state index contributed by atoms with van der Waals surface area (Å²) in [6, 6.07) is 1.12. The third kappa shape index (κ3) is 4.77. The maximum Gasteiger partial charge on any atom is 0.260 e. The quantitative estimate of drug-likeness (QED) is 0.731. The molecule has 1 saturated carbocycles. The summed E-state index contributed by atoms with van der Waals surface area (Å²) in [5.74, 6) is -2.01. The number of carbonyl (C=O) groups excluding carboxylic acids is 1. The van der Waals surface area contributed by atoms with Crippen LogP contribution in [0.25, 0.3) is 0 Å². The van der Waals surface area contributed by atoms with Crippen LogP contribution in [-0.4, -0.2) is 62.4 Å². The molecule has 3 heterocycles. The van der Waals surface area contributed by atoms with Crippen molar-refractivity contribution in [3.63, 3.8) is 0 Å². The van der Waals surface area contributed by atoms with Crippen LogP contribution in [0.4, 0.5) is 8.78 Å². The van der Waals surface area contributed by atoms with Crippen molar-refractivity contribution < 1.29 is 31.5 Å². The molecular formula is C22H30F2N2O5S. The zero-order valence-electron chi connectivity index (χ0n) is 18.4. The number of carbonyl (C=O) groups is 1. The molecule has 1 amide bonds. The van der Waals surface area contributed by atoms with E-state index in [2.05, 4.69) is 4.72 Å². The predicted octanol–water partition coefficient (Wildman–Crippen LogP) is 2.70. The first-order valence-corrected chi connectivity index (χ1v) is 12.7. The maximum atomic E-state index is 14.6. The van der Waals surface area contributed by atoms with E-state index in [1.54, 1.807) is 18.7 Å². The molecule has 2 bridgehead atoms. The second kappa shape index (κ2) is 9.23. The fraction of sp³-hybridized carbons (Fsp3) is 0.682. The third-order valence-corrected chi connectivity index (χ3v) is 8.67. The number of nitrogens with zero attached hydrogens (tertiary/aromatic N) is 1. The second-order valence-corrected chi connectivity index (χ2v) is 11.4. The van der Waals surface area contributed by atoms with Crippen LogP contribution in [0, 0.1) is 11.6 Å². The van der Waals surface area contributed by atoms with Crippen molar-refractivity contribution in [3.8, 4) is 5.75 Å². The topological polar surface area (TPSA) is 84.9 Å². The molecule has 5 rings (SSSR count). The van der Waals surface area contributed by atoms with Crippen LogP contribution in [0.3, 0.4) is 0 Å². The molecule has 2 atom stereocenters. The van der Waals surface area contributed by atoms with Gasteiger partial charge < -0.3 is 14.4 Å². The smallest absolute Gasteiger partial charge is 0.260 e. The van der Waals surface area contributed by atoms with Gasteiger partial charge in [0.05, 0.1) is 24.0 Å². The summed E-state index contributed by atoms with van der Waals surface area (Å²) < 4.78 is 67.9. The van der Waals surface area contributed by atoms with Gasteiger partial charge in [-0.2, -0.15) is 0 Å². The van der Waals surface area contributed by atoms with Gasteiger partial charge in [-0.25, -0.2) is 21.9 Å². The van der Waals surface area contributed by atoms with E-state index in [1.807, 2.05) is 0 Å². The number of nitrogens with one attached hydrogen (secondary N) is 1. The average molecular weight is 473 g/mol. The number of halogens is 2. The predicted molar refractivity (Wildman–Crippen MR) is 114 cm³/mol. The van der Waals surface area contributed by atoms with E-state index in [1.165, 1.54) is 6.07 Å². The van der Waals surface area contributed by atoms with Gasteiger partial charge in [-0.05, 0) is 57.9 Å². The van der Waals surface area contributed by atoms with Gasteiger partial charge in [-0.1, -0.05) is 0 Å². The zero-order chi connectivity index (χ0) is 23.0. The number of hydrogen-bond acceptors (Lipinski definition) is 5. The van der Waals surface area contributed by atoms with Crippen molar-refractivity contribution >= 4 is 15.9 Å². The molecule has 178 valence electrons. The maximum absolute atomic E-state index is 14.6. The van der Waals surface area contributed by atoms with Gasteiger partial charge in [-0.3, -0.25) is 4.79 Å². The largest absolute Gasteiger partial charge is 0.480 e. The Balaban J connectivity index is 1.62. The van der Waals surface area contributed by atoms with Crippen LogP contribution in [0.5, 0.6) is 5.75 Å². The van der Waals surface area contributed by atoms with Gasteiger partial charge in [0.2, 0.25) is 10.0 Å². The van der Waals surface area contributed by atoms with Crippen LogP contribution in [0.2, 0.25) is 0 Å². The van der Waals surface area contributed by atoms with Crippen molar-refractivity contribution in [1.82, 2.24) is 9.62 Å². The molecule has 1 N–H and O–H groups in total. The molecular weight excluding hydrogens is 442 g/mol. The minimum Gasteiger partial charge on any atom is -0.480 e. The van der Waals surface area contributed by atoms with Crippen molar-refractivity contribution in [2.75, 3.05) is 19.8 Å². The first kappa shape index (κ1) is 23.4. The van der Waals surface area contributed by atoms with Gasteiger partial charge in [-0.15, -0.1) is 0 Å². The molecule has 4 aliphatic rings. The van der Waals surface area contributed by atoms with Gasteiger partial charge in [0.1, 0.15) is 5.82 Å². The zero-order valence-corrected chi connectivity index (χ0v) is 19.2. The highest BCUT2D eigenvalue weighted by molar-refractivity contribution is 7.90. The lowest BCUT2D eigenvalue weighted by Crippen LogP contribution is -2.51. The number of rotatable bonds is 3. The van der Waals surface area contributed by atoms with E-state index in [0.717, 1.165) is 6.07 Å². The highest BCUT2D eigenvalue weighted by Gasteiger charge is 2.41. The Hall–Kier alpha value is -1.78. The Bertz CT molecular complexity index is 963. The summed E-state index contributed by atoms with van der Waals surface area (Å²) in [7, 11) is -3.53. The Kier molecular flexibility index (Phi) is 6.74. The highest BCUT2D eigenvalue weighted by Crippen LogP contribution is 2.40. The van der Waals surface area contributed by atoms with Crippen molar-refractivity contribution in [3.05, 3.63) is 29.3 Å². The molecule has 0 spiro atoms. The molecule has 0 radical (unpaired) electrons. The van der Waals surface area contributed by atoms with Crippen LogP contribution in [0.15, 0.2) is 12.1 Å². The SMILES string of the molecule is CC(C)S(=O)(=O)NC1CCN2C(=O)COc3c(F)cc(F)cc3C3CCC(CC3)OC[C@@H]12. The summed E-state index contributed by atoms with van der Waals surface area (Å²) in [6.45, 7) is 3.34. The summed E-state index contributed by atoms with van der Waals surface area (Å²) in [5.41, 5.74) is 0.452. The Morgan fingerprint density at radius 3 is 2.53 bits per heavy atom. The van der Waals surface area contributed by atoms with Gasteiger partial charge >= 0.3 is 0 Å². The van der Waals surface area contributed by atoms with E-state index in [-0.39, 0.29) is 30.3 Å². The number of benzene rings is 1. The summed E-state index contributed by atoms with van der Waals surface area (Å²) in [4.78, 5) is 14.5. The molecule has 1 aromatic carbocycles.